The number of ether oxygens (including phenoxy) is 4. The van der Waals surface area contributed by atoms with Crippen molar-refractivity contribution in [1.29, 1.82) is 0 Å². The van der Waals surface area contributed by atoms with Crippen LogP contribution in [-0.2, 0) is 65.4 Å². The SMILES string of the molecule is CCCCCCCCCCCCCCCC(=O)OC[C@H](COP(=O)(O)OC[C@@H](O)COP(=O)(O)OC[C@@H](COC(=O)CCCCCCCCCC)OC(=O)CCCCCCCCCCCCCC)OC(=O)CCCCCCCCCCCCCCCCC(C)CC. The molecule has 0 fully saturated rings. The summed E-state index contributed by atoms with van der Waals surface area (Å²) in [5, 5.41) is 10.6. The molecule has 540 valence electrons. The maximum atomic E-state index is 13.0. The van der Waals surface area contributed by atoms with Gasteiger partial charge in [-0.3, -0.25) is 37.3 Å². The van der Waals surface area contributed by atoms with Crippen LogP contribution in [0.1, 0.15) is 375 Å². The van der Waals surface area contributed by atoms with E-state index in [1.54, 1.807) is 0 Å². The summed E-state index contributed by atoms with van der Waals surface area (Å²) < 4.78 is 68.3. The number of rotatable bonds is 72. The molecule has 0 aliphatic heterocycles. The molecule has 3 N–H and O–H groups in total. The Morgan fingerprint density at radius 3 is 0.780 bits per heavy atom. The fourth-order valence-corrected chi connectivity index (χ4v) is 12.5. The minimum Gasteiger partial charge on any atom is -0.462 e. The van der Waals surface area contributed by atoms with Gasteiger partial charge in [-0.15, -0.1) is 0 Å². The second-order valence-electron chi connectivity index (χ2n) is 26.2. The minimum atomic E-state index is -4.95. The molecule has 0 aliphatic carbocycles. The molecule has 0 radical (unpaired) electrons. The van der Waals surface area contributed by atoms with Gasteiger partial charge in [0.15, 0.2) is 12.2 Å². The summed E-state index contributed by atoms with van der Waals surface area (Å²) in [4.78, 5) is 72.5. The van der Waals surface area contributed by atoms with Gasteiger partial charge < -0.3 is 33.8 Å². The Labute approximate surface area is 556 Å². The van der Waals surface area contributed by atoms with Crippen LogP contribution in [0.4, 0.5) is 0 Å². The van der Waals surface area contributed by atoms with Crippen LogP contribution in [0.3, 0.4) is 0 Å². The van der Waals surface area contributed by atoms with Gasteiger partial charge >= 0.3 is 39.5 Å². The van der Waals surface area contributed by atoms with Crippen LogP contribution in [0.5, 0.6) is 0 Å². The van der Waals surface area contributed by atoms with Crippen molar-refractivity contribution in [2.45, 2.75) is 393 Å². The fourth-order valence-electron chi connectivity index (χ4n) is 11.0. The number of hydrogen-bond acceptors (Lipinski definition) is 15. The van der Waals surface area contributed by atoms with E-state index in [1.807, 2.05) is 0 Å². The predicted molar refractivity (Wildman–Crippen MR) is 368 cm³/mol. The van der Waals surface area contributed by atoms with Crippen molar-refractivity contribution in [3.05, 3.63) is 0 Å². The maximum absolute atomic E-state index is 13.0. The molecule has 0 amide bonds. The van der Waals surface area contributed by atoms with Gasteiger partial charge in [0.1, 0.15) is 19.3 Å². The molecule has 17 nitrogen and oxygen atoms in total. The summed E-state index contributed by atoms with van der Waals surface area (Å²) >= 11 is 0. The van der Waals surface area contributed by atoms with E-state index in [1.165, 1.54) is 193 Å². The van der Waals surface area contributed by atoms with E-state index < -0.39 is 97.5 Å². The first-order valence-electron chi connectivity index (χ1n) is 37.7. The topological polar surface area (TPSA) is 237 Å². The highest BCUT2D eigenvalue weighted by atomic mass is 31.2. The van der Waals surface area contributed by atoms with Crippen molar-refractivity contribution in [2.24, 2.45) is 5.92 Å². The first kappa shape index (κ1) is 89.1. The molecule has 0 aliphatic rings. The van der Waals surface area contributed by atoms with Crippen molar-refractivity contribution in [1.82, 2.24) is 0 Å². The lowest BCUT2D eigenvalue weighted by Crippen LogP contribution is -2.30. The standard InChI is InChI=1S/C72H140O17P2/c1-6-10-13-16-19-22-24-28-33-36-41-46-51-56-70(75)83-62-68(89-72(77)58-53-48-43-38-34-30-27-26-29-31-35-39-44-49-54-65(5)9-4)64-87-91(80,81)85-60-66(73)59-84-90(78,79)86-63-67(61-82-69(74)55-50-45-40-21-18-15-12-8-3)88-71(76)57-52-47-42-37-32-25-23-20-17-14-11-7-2/h65-68,73H,6-64H2,1-5H3,(H,78,79)(H,80,81)/t65?,66-,67+,68+/m0/s1. The zero-order valence-corrected chi connectivity index (χ0v) is 60.8. The van der Waals surface area contributed by atoms with Gasteiger partial charge in [-0.2, -0.15) is 0 Å². The van der Waals surface area contributed by atoms with Gasteiger partial charge in [-0.25, -0.2) is 9.13 Å². The van der Waals surface area contributed by atoms with Crippen molar-refractivity contribution >= 4 is 39.5 Å². The number of phosphoric acid groups is 2. The van der Waals surface area contributed by atoms with Gasteiger partial charge in [0.05, 0.1) is 26.4 Å². The first-order valence-corrected chi connectivity index (χ1v) is 40.7. The lowest BCUT2D eigenvalue weighted by atomic mass is 9.99. The molecule has 19 heteroatoms. The van der Waals surface area contributed by atoms with Gasteiger partial charge in [0.2, 0.25) is 0 Å². The number of phosphoric ester groups is 2. The summed E-state index contributed by atoms with van der Waals surface area (Å²) in [7, 11) is -9.90. The summed E-state index contributed by atoms with van der Waals surface area (Å²) in [6.07, 6.45) is 52.6. The molecule has 0 saturated carbocycles. The number of aliphatic hydroxyl groups is 1. The highest BCUT2D eigenvalue weighted by Gasteiger charge is 2.30. The second kappa shape index (κ2) is 65.4. The molecule has 0 aromatic carbocycles. The first-order chi connectivity index (χ1) is 44.1. The van der Waals surface area contributed by atoms with Gasteiger partial charge in [0, 0.05) is 25.7 Å². The zero-order chi connectivity index (χ0) is 67.0. The van der Waals surface area contributed by atoms with E-state index in [0.29, 0.717) is 25.7 Å². The van der Waals surface area contributed by atoms with E-state index in [2.05, 4.69) is 34.6 Å². The molecular formula is C72H140O17P2. The molecule has 0 aromatic heterocycles. The Hall–Kier alpha value is -1.94. The molecule has 3 unspecified atom stereocenters. The quantitative estimate of drug-likeness (QED) is 0.0222. The normalized spacial score (nSPS) is 14.3. The monoisotopic (exact) mass is 1340 g/mol. The van der Waals surface area contributed by atoms with E-state index in [-0.39, 0.29) is 25.7 Å². The van der Waals surface area contributed by atoms with Gasteiger partial charge in [-0.05, 0) is 31.6 Å². The summed E-state index contributed by atoms with van der Waals surface area (Å²) in [5.41, 5.74) is 0. The Kier molecular flexibility index (Phi) is 64.0. The van der Waals surface area contributed by atoms with Crippen LogP contribution in [0.15, 0.2) is 0 Å². The average Bonchev–Trinajstić information content (AvgIpc) is 2.37. The molecule has 0 saturated heterocycles. The van der Waals surface area contributed by atoms with E-state index in [0.717, 1.165) is 102 Å². The Balaban J connectivity index is 5.21. The molecule has 0 spiro atoms. The summed E-state index contributed by atoms with van der Waals surface area (Å²) in [6.45, 7) is 7.29. The molecule has 6 atom stereocenters. The van der Waals surface area contributed by atoms with Crippen molar-refractivity contribution in [2.75, 3.05) is 39.6 Å². The van der Waals surface area contributed by atoms with Crippen LogP contribution in [0.25, 0.3) is 0 Å². The molecular weight excluding hydrogens is 1200 g/mol. The fraction of sp³-hybridized carbons (Fsp3) is 0.944. The van der Waals surface area contributed by atoms with Crippen molar-refractivity contribution in [3.63, 3.8) is 0 Å². The highest BCUT2D eigenvalue weighted by molar-refractivity contribution is 7.47. The summed E-state index contributed by atoms with van der Waals surface area (Å²) in [5.74, 6) is -1.27. The van der Waals surface area contributed by atoms with Crippen molar-refractivity contribution < 1.29 is 80.2 Å². The smallest absolute Gasteiger partial charge is 0.462 e. The van der Waals surface area contributed by atoms with Crippen LogP contribution in [0.2, 0.25) is 0 Å². The van der Waals surface area contributed by atoms with E-state index in [9.17, 15) is 43.2 Å². The summed E-state index contributed by atoms with van der Waals surface area (Å²) in [6, 6.07) is 0. The van der Waals surface area contributed by atoms with Crippen LogP contribution in [0, 0.1) is 5.92 Å². The zero-order valence-electron chi connectivity index (χ0n) is 59.0. The van der Waals surface area contributed by atoms with Crippen molar-refractivity contribution in [3.8, 4) is 0 Å². The number of esters is 4. The second-order valence-corrected chi connectivity index (χ2v) is 29.1. The Bertz CT molecular complexity index is 1760. The largest absolute Gasteiger partial charge is 0.472 e. The number of carbonyl (C=O) groups is 4. The Morgan fingerprint density at radius 1 is 0.308 bits per heavy atom. The average molecular weight is 1340 g/mol. The van der Waals surface area contributed by atoms with Crippen LogP contribution in [-0.4, -0.2) is 96.7 Å². The van der Waals surface area contributed by atoms with Crippen LogP contribution >= 0.6 is 15.6 Å². The molecule has 0 rings (SSSR count). The van der Waals surface area contributed by atoms with E-state index in [4.69, 9.17) is 37.0 Å². The number of hydrogen-bond donors (Lipinski definition) is 3. The molecule has 0 aromatic rings. The predicted octanol–water partition coefficient (Wildman–Crippen LogP) is 20.9. The molecule has 0 bridgehead atoms. The number of aliphatic hydroxyl groups excluding tert-OH is 1. The minimum absolute atomic E-state index is 0.107. The van der Waals surface area contributed by atoms with E-state index >= 15 is 0 Å². The maximum Gasteiger partial charge on any atom is 0.472 e. The highest BCUT2D eigenvalue weighted by Crippen LogP contribution is 2.45. The lowest BCUT2D eigenvalue weighted by Gasteiger charge is -2.21. The lowest BCUT2D eigenvalue weighted by molar-refractivity contribution is -0.161. The number of unbranched alkanes of at least 4 members (excludes halogenated alkanes) is 43. The molecule has 0 heterocycles. The third-order valence-corrected chi connectivity index (χ3v) is 19.0. The third kappa shape index (κ3) is 65.1. The number of carbonyl (C=O) groups excluding carboxylic acids is 4. The Morgan fingerprint density at radius 2 is 0.527 bits per heavy atom. The third-order valence-electron chi connectivity index (χ3n) is 17.1. The van der Waals surface area contributed by atoms with Gasteiger partial charge in [0.25, 0.3) is 0 Å². The van der Waals surface area contributed by atoms with Gasteiger partial charge in [-0.1, -0.05) is 324 Å². The van der Waals surface area contributed by atoms with Crippen LogP contribution < -0.4 is 0 Å². The molecule has 91 heavy (non-hydrogen) atoms.